The zero-order valence-corrected chi connectivity index (χ0v) is 16.3. The van der Waals surface area contributed by atoms with Crippen LogP contribution in [0, 0.1) is 24.0 Å². The predicted octanol–water partition coefficient (Wildman–Crippen LogP) is 3.41. The summed E-state index contributed by atoms with van der Waals surface area (Å²) in [4.78, 5) is 35.3. The fourth-order valence-electron chi connectivity index (χ4n) is 2.83. The van der Waals surface area contributed by atoms with Crippen molar-refractivity contribution in [3.63, 3.8) is 0 Å². The lowest BCUT2D eigenvalue weighted by Gasteiger charge is -2.09. The van der Waals surface area contributed by atoms with E-state index in [4.69, 9.17) is 0 Å². The zero-order chi connectivity index (χ0) is 20.3. The van der Waals surface area contributed by atoms with Crippen LogP contribution in [0.4, 0.5) is 5.69 Å². The smallest absolute Gasteiger partial charge is 0.308 e. The van der Waals surface area contributed by atoms with Crippen LogP contribution in [0.3, 0.4) is 0 Å². The molecule has 0 spiro atoms. The number of rotatable bonds is 6. The van der Waals surface area contributed by atoms with Crippen molar-refractivity contribution in [2.24, 2.45) is 0 Å². The molecule has 0 bridgehead atoms. The third-order valence-electron chi connectivity index (χ3n) is 4.54. The van der Waals surface area contributed by atoms with Gasteiger partial charge in [0.2, 0.25) is 0 Å². The molecule has 2 aromatic carbocycles. The monoisotopic (exact) mass is 397 g/mol. The summed E-state index contributed by atoms with van der Waals surface area (Å²) in [6.45, 7) is 4.39. The third-order valence-corrected chi connectivity index (χ3v) is 5.62. The summed E-state index contributed by atoms with van der Waals surface area (Å²) in [5.41, 5.74) is 3.48. The molecule has 1 amide bonds. The lowest BCUT2D eigenvalue weighted by Crippen LogP contribution is -2.23. The van der Waals surface area contributed by atoms with Crippen molar-refractivity contribution >= 4 is 22.9 Å². The summed E-state index contributed by atoms with van der Waals surface area (Å²) in [5, 5.41) is 13.5. The molecule has 0 unspecified atom stereocenters. The first-order valence-electron chi connectivity index (χ1n) is 8.63. The van der Waals surface area contributed by atoms with Crippen LogP contribution in [0.2, 0.25) is 0 Å². The molecule has 1 heterocycles. The number of aryl methyl sites for hydroxylation is 1. The molecule has 0 aliphatic carbocycles. The van der Waals surface area contributed by atoms with Crippen molar-refractivity contribution < 1.29 is 9.72 Å². The van der Waals surface area contributed by atoms with Gasteiger partial charge < -0.3 is 5.32 Å². The normalized spacial score (nSPS) is 10.6. The number of nitrogens with zero attached hydrogens (tertiary/aromatic N) is 2. The van der Waals surface area contributed by atoms with Gasteiger partial charge in [0.15, 0.2) is 0 Å². The van der Waals surface area contributed by atoms with Gasteiger partial charge in [-0.15, -0.1) is 0 Å². The first-order chi connectivity index (χ1) is 13.4. The van der Waals surface area contributed by atoms with E-state index in [1.165, 1.54) is 12.1 Å². The number of benzene rings is 2. The number of nitrogens with one attached hydrogen (secondary N) is 1. The topological polar surface area (TPSA) is 94.2 Å². The Balaban J connectivity index is 1.73. The molecule has 0 saturated carbocycles. The van der Waals surface area contributed by atoms with E-state index in [-0.39, 0.29) is 23.0 Å². The highest BCUT2D eigenvalue weighted by atomic mass is 32.1. The summed E-state index contributed by atoms with van der Waals surface area (Å²) >= 11 is 0.922. The Hall–Kier alpha value is -3.26. The van der Waals surface area contributed by atoms with Crippen LogP contribution in [-0.4, -0.2) is 15.4 Å². The molecule has 28 heavy (non-hydrogen) atoms. The van der Waals surface area contributed by atoms with Crippen molar-refractivity contribution in [3.8, 4) is 0 Å². The van der Waals surface area contributed by atoms with E-state index in [2.05, 4.69) is 5.32 Å². The van der Waals surface area contributed by atoms with Gasteiger partial charge in [0, 0.05) is 24.4 Å². The number of aromatic nitrogens is 1. The average Bonchev–Trinajstić information content (AvgIpc) is 2.96. The van der Waals surface area contributed by atoms with Gasteiger partial charge in [0.25, 0.3) is 11.6 Å². The number of nitro benzene ring substituents is 1. The Bertz CT molecular complexity index is 1080. The minimum atomic E-state index is -0.472. The van der Waals surface area contributed by atoms with Crippen LogP contribution in [0.25, 0.3) is 0 Å². The predicted molar refractivity (Wildman–Crippen MR) is 108 cm³/mol. The van der Waals surface area contributed by atoms with Gasteiger partial charge in [0.05, 0.1) is 11.5 Å². The van der Waals surface area contributed by atoms with Gasteiger partial charge in [-0.1, -0.05) is 47.7 Å². The van der Waals surface area contributed by atoms with Crippen molar-refractivity contribution in [1.29, 1.82) is 0 Å². The number of non-ortho nitro benzene ring substituents is 1. The maximum absolute atomic E-state index is 12.5. The number of hydrogen-bond acceptors (Lipinski definition) is 5. The second-order valence-corrected chi connectivity index (χ2v) is 7.36. The number of hydrogen-bond donors (Lipinski definition) is 1. The van der Waals surface area contributed by atoms with Gasteiger partial charge in [-0.2, -0.15) is 0 Å². The van der Waals surface area contributed by atoms with E-state index in [9.17, 15) is 19.7 Å². The second kappa shape index (κ2) is 8.18. The Labute approximate surface area is 165 Å². The van der Waals surface area contributed by atoms with Gasteiger partial charge in [0.1, 0.15) is 4.88 Å². The van der Waals surface area contributed by atoms with E-state index in [0.717, 1.165) is 28.0 Å². The lowest BCUT2D eigenvalue weighted by molar-refractivity contribution is -0.384. The summed E-state index contributed by atoms with van der Waals surface area (Å²) in [6, 6.07) is 13.8. The first kappa shape index (κ1) is 19.5. The molecule has 0 saturated heterocycles. The Morgan fingerprint density at radius 3 is 2.46 bits per heavy atom. The van der Waals surface area contributed by atoms with Crippen LogP contribution < -0.4 is 10.2 Å². The van der Waals surface area contributed by atoms with E-state index in [1.54, 1.807) is 23.6 Å². The van der Waals surface area contributed by atoms with Gasteiger partial charge in [-0.25, -0.2) is 0 Å². The molecule has 1 N–H and O–H groups in total. The fraction of sp³-hybridized carbons (Fsp3) is 0.200. The Morgan fingerprint density at radius 1 is 1.14 bits per heavy atom. The first-order valence-corrected chi connectivity index (χ1v) is 9.44. The van der Waals surface area contributed by atoms with Crippen LogP contribution in [-0.2, 0) is 13.1 Å². The van der Waals surface area contributed by atoms with Crippen molar-refractivity contribution in [2.75, 3.05) is 0 Å². The van der Waals surface area contributed by atoms with Gasteiger partial charge in [-0.05, 0) is 30.5 Å². The molecule has 0 aliphatic rings. The molecule has 0 aliphatic heterocycles. The number of thiazole rings is 1. The molecule has 3 rings (SSSR count). The van der Waals surface area contributed by atoms with E-state index >= 15 is 0 Å². The summed E-state index contributed by atoms with van der Waals surface area (Å²) in [7, 11) is 0. The van der Waals surface area contributed by atoms with Crippen molar-refractivity contribution in [1.82, 2.24) is 9.88 Å². The largest absolute Gasteiger partial charge is 0.347 e. The maximum atomic E-state index is 12.5. The van der Waals surface area contributed by atoms with E-state index < -0.39 is 4.92 Å². The Morgan fingerprint density at radius 2 is 1.82 bits per heavy atom. The summed E-state index contributed by atoms with van der Waals surface area (Å²) in [5.74, 6) is -0.332. The lowest BCUT2D eigenvalue weighted by atomic mass is 10.1. The van der Waals surface area contributed by atoms with E-state index in [0.29, 0.717) is 17.1 Å². The SMILES string of the molecule is Cc1ccccc1Cn1c(C)c(C(=O)NCc2ccc([N+](=O)[O-])cc2)sc1=O. The maximum Gasteiger partial charge on any atom is 0.308 e. The second-order valence-electron chi connectivity index (χ2n) is 6.40. The average molecular weight is 397 g/mol. The van der Waals surface area contributed by atoms with E-state index in [1.807, 2.05) is 31.2 Å². The molecule has 1 aromatic heterocycles. The minimum Gasteiger partial charge on any atom is -0.347 e. The number of carbonyl (C=O) groups excluding carboxylic acids is 1. The highest BCUT2D eigenvalue weighted by molar-refractivity contribution is 7.11. The third kappa shape index (κ3) is 4.17. The molecule has 8 heteroatoms. The molecule has 144 valence electrons. The van der Waals surface area contributed by atoms with Gasteiger partial charge >= 0.3 is 4.87 Å². The molecule has 0 fully saturated rings. The van der Waals surface area contributed by atoms with Crippen LogP contribution in [0.1, 0.15) is 32.1 Å². The van der Waals surface area contributed by atoms with Crippen LogP contribution in [0.15, 0.2) is 53.3 Å². The van der Waals surface area contributed by atoms with Crippen LogP contribution >= 0.6 is 11.3 Å². The molecule has 7 nitrogen and oxygen atoms in total. The molecular formula is C20H19N3O4S. The zero-order valence-electron chi connectivity index (χ0n) is 15.5. The molecule has 0 atom stereocenters. The highest BCUT2D eigenvalue weighted by Crippen LogP contribution is 2.16. The van der Waals surface area contributed by atoms with Gasteiger partial charge in [-0.3, -0.25) is 24.3 Å². The Kier molecular flexibility index (Phi) is 5.70. The van der Waals surface area contributed by atoms with Crippen molar-refractivity contribution in [3.05, 3.63) is 95.6 Å². The number of carbonyl (C=O) groups is 1. The number of nitro groups is 1. The summed E-state index contributed by atoms with van der Waals surface area (Å²) < 4.78 is 1.60. The highest BCUT2D eigenvalue weighted by Gasteiger charge is 2.18. The van der Waals surface area contributed by atoms with Crippen LogP contribution in [0.5, 0.6) is 0 Å². The fourth-order valence-corrected chi connectivity index (χ4v) is 3.73. The quantitative estimate of drug-likeness (QED) is 0.509. The number of amides is 1. The molecule has 3 aromatic rings. The minimum absolute atomic E-state index is 0.00239. The van der Waals surface area contributed by atoms with Crippen molar-refractivity contribution in [2.45, 2.75) is 26.9 Å². The summed E-state index contributed by atoms with van der Waals surface area (Å²) in [6.07, 6.45) is 0. The molecular weight excluding hydrogens is 378 g/mol. The molecule has 0 radical (unpaired) electrons. The standard InChI is InChI=1S/C20H19N3O4S/c1-13-5-3-4-6-16(13)12-22-14(2)18(28-20(22)25)19(24)21-11-15-7-9-17(10-8-15)23(26)27/h3-10H,11-12H2,1-2H3,(H,21,24).